The van der Waals surface area contributed by atoms with Crippen LogP contribution in [0.3, 0.4) is 0 Å². The van der Waals surface area contributed by atoms with Crippen molar-refractivity contribution in [1.82, 2.24) is 4.90 Å². The van der Waals surface area contributed by atoms with Crippen LogP contribution in [0.25, 0.3) is 0 Å². The fourth-order valence-electron chi connectivity index (χ4n) is 0.807. The van der Waals surface area contributed by atoms with Gasteiger partial charge < -0.3 is 15.4 Å². The fraction of sp³-hybridized carbons (Fsp3) is 0.875. The second kappa shape index (κ2) is 5.97. The Bertz CT molecular complexity index is 139. The number of hydrogen-bond acceptors (Lipinski definition) is 3. The minimum absolute atomic E-state index is 0.0189. The number of carbonyl (C=O) groups is 1. The zero-order valence-corrected chi connectivity index (χ0v) is 8.04. The molecule has 0 aromatic heterocycles. The summed E-state index contributed by atoms with van der Waals surface area (Å²) in [6, 6.07) is -0.421. The van der Waals surface area contributed by atoms with E-state index in [1.54, 1.807) is 19.1 Å². The topological polar surface area (TPSA) is 55.6 Å². The molecule has 0 rings (SSSR count). The zero-order valence-electron chi connectivity index (χ0n) is 8.04. The van der Waals surface area contributed by atoms with E-state index < -0.39 is 6.04 Å². The highest BCUT2D eigenvalue weighted by atomic mass is 16.5. The number of likely N-dealkylation sites (N-methyl/N-ethyl adjacent to an activating group) is 1. The molecule has 4 nitrogen and oxygen atoms in total. The summed E-state index contributed by atoms with van der Waals surface area (Å²) in [5, 5.41) is 0. The minimum atomic E-state index is -0.421. The molecule has 0 aromatic rings. The van der Waals surface area contributed by atoms with Crippen molar-refractivity contribution in [3.8, 4) is 0 Å². The Balaban J connectivity index is 3.75. The van der Waals surface area contributed by atoms with Crippen molar-refractivity contribution in [2.45, 2.75) is 19.4 Å². The molecular formula is C8H18N2O2. The molecule has 0 fully saturated rings. The van der Waals surface area contributed by atoms with Crippen LogP contribution in [0.2, 0.25) is 0 Å². The molecule has 1 amide bonds. The first-order valence-corrected chi connectivity index (χ1v) is 4.13. The predicted octanol–water partition coefficient (Wildman–Crippen LogP) is -0.171. The van der Waals surface area contributed by atoms with Crippen LogP contribution in [0.5, 0.6) is 0 Å². The van der Waals surface area contributed by atoms with Gasteiger partial charge in [0, 0.05) is 27.3 Å². The second-order valence-electron chi connectivity index (χ2n) is 2.74. The smallest absolute Gasteiger partial charge is 0.239 e. The van der Waals surface area contributed by atoms with Crippen molar-refractivity contribution in [3.05, 3.63) is 0 Å². The SMILES string of the molecule is CCN(C)C(=O)C(N)CCOC. The molecule has 0 saturated carbocycles. The van der Waals surface area contributed by atoms with Gasteiger partial charge in [0.25, 0.3) is 0 Å². The number of carbonyl (C=O) groups excluding carboxylic acids is 1. The van der Waals surface area contributed by atoms with Gasteiger partial charge in [-0.05, 0) is 13.3 Å². The lowest BCUT2D eigenvalue weighted by Crippen LogP contribution is -2.42. The van der Waals surface area contributed by atoms with Crippen LogP contribution in [-0.2, 0) is 9.53 Å². The van der Waals surface area contributed by atoms with E-state index in [0.29, 0.717) is 19.6 Å². The molecule has 0 radical (unpaired) electrons. The van der Waals surface area contributed by atoms with E-state index in [-0.39, 0.29) is 5.91 Å². The molecular weight excluding hydrogens is 156 g/mol. The van der Waals surface area contributed by atoms with Gasteiger partial charge in [-0.1, -0.05) is 0 Å². The molecule has 72 valence electrons. The molecule has 1 atom stereocenters. The van der Waals surface area contributed by atoms with Crippen LogP contribution < -0.4 is 5.73 Å². The maximum absolute atomic E-state index is 11.3. The summed E-state index contributed by atoms with van der Waals surface area (Å²) < 4.78 is 4.83. The van der Waals surface area contributed by atoms with Gasteiger partial charge in [0.15, 0.2) is 0 Å². The molecule has 4 heteroatoms. The van der Waals surface area contributed by atoms with Crippen molar-refractivity contribution in [2.24, 2.45) is 5.73 Å². The highest BCUT2D eigenvalue weighted by Gasteiger charge is 2.15. The van der Waals surface area contributed by atoms with E-state index in [9.17, 15) is 4.79 Å². The molecule has 12 heavy (non-hydrogen) atoms. The quantitative estimate of drug-likeness (QED) is 0.629. The van der Waals surface area contributed by atoms with E-state index >= 15 is 0 Å². The molecule has 0 aliphatic carbocycles. The summed E-state index contributed by atoms with van der Waals surface area (Å²) in [5.74, 6) is -0.0189. The van der Waals surface area contributed by atoms with Crippen molar-refractivity contribution in [1.29, 1.82) is 0 Å². The molecule has 1 unspecified atom stereocenters. The van der Waals surface area contributed by atoms with E-state index in [1.165, 1.54) is 0 Å². The highest BCUT2D eigenvalue weighted by Crippen LogP contribution is 1.94. The Kier molecular flexibility index (Phi) is 5.66. The Labute approximate surface area is 73.7 Å². The number of rotatable bonds is 5. The Morgan fingerprint density at radius 1 is 1.67 bits per heavy atom. The number of nitrogens with two attached hydrogens (primary N) is 1. The van der Waals surface area contributed by atoms with Crippen LogP contribution in [0, 0.1) is 0 Å². The van der Waals surface area contributed by atoms with Gasteiger partial charge in [0.1, 0.15) is 0 Å². The average molecular weight is 174 g/mol. The number of ether oxygens (including phenoxy) is 1. The van der Waals surface area contributed by atoms with Crippen LogP contribution >= 0.6 is 0 Å². The third-order valence-corrected chi connectivity index (χ3v) is 1.80. The summed E-state index contributed by atoms with van der Waals surface area (Å²) >= 11 is 0. The van der Waals surface area contributed by atoms with Gasteiger partial charge in [-0.25, -0.2) is 0 Å². The molecule has 0 aliphatic heterocycles. The lowest BCUT2D eigenvalue weighted by molar-refractivity contribution is -0.131. The van der Waals surface area contributed by atoms with Gasteiger partial charge >= 0.3 is 0 Å². The lowest BCUT2D eigenvalue weighted by atomic mass is 10.2. The van der Waals surface area contributed by atoms with E-state index in [4.69, 9.17) is 10.5 Å². The monoisotopic (exact) mass is 174 g/mol. The van der Waals surface area contributed by atoms with Gasteiger partial charge in [-0.3, -0.25) is 4.79 Å². The molecule has 0 saturated heterocycles. The second-order valence-corrected chi connectivity index (χ2v) is 2.74. The minimum Gasteiger partial charge on any atom is -0.385 e. The summed E-state index contributed by atoms with van der Waals surface area (Å²) in [6.07, 6.45) is 0.583. The lowest BCUT2D eigenvalue weighted by Gasteiger charge is -2.19. The van der Waals surface area contributed by atoms with Crippen molar-refractivity contribution >= 4 is 5.91 Å². The molecule has 0 heterocycles. The van der Waals surface area contributed by atoms with Crippen LogP contribution in [0.1, 0.15) is 13.3 Å². The van der Waals surface area contributed by atoms with Crippen molar-refractivity contribution in [3.63, 3.8) is 0 Å². The zero-order chi connectivity index (χ0) is 9.56. The van der Waals surface area contributed by atoms with Crippen molar-refractivity contribution < 1.29 is 9.53 Å². The fourth-order valence-corrected chi connectivity index (χ4v) is 0.807. The number of hydrogen-bond donors (Lipinski definition) is 1. The Morgan fingerprint density at radius 3 is 2.67 bits per heavy atom. The molecule has 2 N–H and O–H groups in total. The van der Waals surface area contributed by atoms with Crippen LogP contribution in [-0.4, -0.2) is 44.2 Å². The van der Waals surface area contributed by atoms with E-state index in [1.807, 2.05) is 6.92 Å². The Hall–Kier alpha value is -0.610. The van der Waals surface area contributed by atoms with Crippen LogP contribution in [0.4, 0.5) is 0 Å². The first kappa shape index (κ1) is 11.4. The number of methoxy groups -OCH3 is 1. The maximum atomic E-state index is 11.3. The standard InChI is InChI=1S/C8H18N2O2/c1-4-10(2)8(11)7(9)5-6-12-3/h7H,4-6,9H2,1-3H3. The van der Waals surface area contributed by atoms with Crippen LogP contribution in [0.15, 0.2) is 0 Å². The molecule has 0 aromatic carbocycles. The largest absolute Gasteiger partial charge is 0.385 e. The molecule has 0 bridgehead atoms. The van der Waals surface area contributed by atoms with Gasteiger partial charge in [0.05, 0.1) is 6.04 Å². The summed E-state index contributed by atoms with van der Waals surface area (Å²) in [6.45, 7) is 3.14. The first-order chi connectivity index (χ1) is 5.63. The van der Waals surface area contributed by atoms with Crippen molar-refractivity contribution in [2.75, 3.05) is 27.3 Å². The van der Waals surface area contributed by atoms with E-state index in [2.05, 4.69) is 0 Å². The normalized spacial score (nSPS) is 12.7. The number of amides is 1. The highest BCUT2D eigenvalue weighted by molar-refractivity contribution is 5.81. The first-order valence-electron chi connectivity index (χ1n) is 4.13. The van der Waals surface area contributed by atoms with Gasteiger partial charge in [-0.2, -0.15) is 0 Å². The summed E-state index contributed by atoms with van der Waals surface area (Å²) in [5.41, 5.74) is 5.61. The number of nitrogens with zero attached hydrogens (tertiary/aromatic N) is 1. The maximum Gasteiger partial charge on any atom is 0.239 e. The predicted molar refractivity (Wildman–Crippen MR) is 47.8 cm³/mol. The molecule has 0 aliphatic rings. The third-order valence-electron chi connectivity index (χ3n) is 1.80. The average Bonchev–Trinajstić information content (AvgIpc) is 2.11. The third kappa shape index (κ3) is 3.69. The Morgan fingerprint density at radius 2 is 2.25 bits per heavy atom. The summed E-state index contributed by atoms with van der Waals surface area (Å²) in [4.78, 5) is 12.9. The molecule has 0 spiro atoms. The summed E-state index contributed by atoms with van der Waals surface area (Å²) in [7, 11) is 3.34. The van der Waals surface area contributed by atoms with E-state index in [0.717, 1.165) is 0 Å². The van der Waals surface area contributed by atoms with Gasteiger partial charge in [-0.15, -0.1) is 0 Å². The van der Waals surface area contributed by atoms with Gasteiger partial charge in [0.2, 0.25) is 5.91 Å².